The molecule has 112 valence electrons. The summed E-state index contributed by atoms with van der Waals surface area (Å²) in [6.45, 7) is 9.84. The summed E-state index contributed by atoms with van der Waals surface area (Å²) in [6.07, 6.45) is 6.43. The van der Waals surface area contributed by atoms with Crippen molar-refractivity contribution in [3.8, 4) is 0 Å². The first-order valence-electron chi connectivity index (χ1n) is 7.82. The Morgan fingerprint density at radius 1 is 1.32 bits per heavy atom. The fourth-order valence-electron chi connectivity index (χ4n) is 3.54. The predicted octanol–water partition coefficient (Wildman–Crippen LogP) is 2.72. The zero-order chi connectivity index (χ0) is 14.1. The van der Waals surface area contributed by atoms with Gasteiger partial charge in [0.05, 0.1) is 24.9 Å². The number of hydrogen-bond acceptors (Lipinski definition) is 3. The highest BCUT2D eigenvalue weighted by atomic mass is 16.5. The van der Waals surface area contributed by atoms with Crippen molar-refractivity contribution in [2.75, 3.05) is 13.2 Å². The van der Waals surface area contributed by atoms with Crippen molar-refractivity contribution < 1.29 is 9.84 Å². The molecule has 0 radical (unpaired) electrons. The molecule has 0 bridgehead atoms. The van der Waals surface area contributed by atoms with Gasteiger partial charge in [-0.1, -0.05) is 20.8 Å². The first-order valence-corrected chi connectivity index (χ1v) is 7.82. The second-order valence-corrected chi connectivity index (χ2v) is 7.98. The summed E-state index contributed by atoms with van der Waals surface area (Å²) in [4.78, 5) is 0. The van der Waals surface area contributed by atoms with Crippen LogP contribution in [0.3, 0.4) is 0 Å². The van der Waals surface area contributed by atoms with E-state index < -0.39 is 0 Å². The molecule has 3 nitrogen and oxygen atoms in total. The molecule has 2 saturated carbocycles. The van der Waals surface area contributed by atoms with Crippen LogP contribution in [0.1, 0.15) is 59.8 Å². The van der Waals surface area contributed by atoms with Crippen LogP contribution in [0.15, 0.2) is 0 Å². The van der Waals surface area contributed by atoms with E-state index >= 15 is 0 Å². The van der Waals surface area contributed by atoms with Crippen molar-refractivity contribution in [1.82, 2.24) is 5.32 Å². The first kappa shape index (κ1) is 15.3. The molecule has 0 aliphatic heterocycles. The molecule has 3 unspecified atom stereocenters. The van der Waals surface area contributed by atoms with Gasteiger partial charge >= 0.3 is 0 Å². The summed E-state index contributed by atoms with van der Waals surface area (Å²) in [6, 6.07) is 0.600. The van der Waals surface area contributed by atoms with E-state index in [0.29, 0.717) is 24.2 Å². The molecule has 19 heavy (non-hydrogen) atoms. The molecule has 0 aromatic rings. The topological polar surface area (TPSA) is 41.5 Å². The minimum Gasteiger partial charge on any atom is -0.394 e. The average molecular weight is 269 g/mol. The Morgan fingerprint density at radius 3 is 2.53 bits per heavy atom. The van der Waals surface area contributed by atoms with Crippen molar-refractivity contribution in [3.63, 3.8) is 0 Å². The van der Waals surface area contributed by atoms with Gasteiger partial charge < -0.3 is 15.2 Å². The van der Waals surface area contributed by atoms with Gasteiger partial charge in [0, 0.05) is 6.04 Å². The second kappa shape index (κ2) is 5.71. The van der Waals surface area contributed by atoms with Crippen LogP contribution in [-0.4, -0.2) is 36.0 Å². The highest BCUT2D eigenvalue weighted by Crippen LogP contribution is 2.39. The fourth-order valence-corrected chi connectivity index (χ4v) is 3.54. The van der Waals surface area contributed by atoms with E-state index in [1.807, 2.05) is 0 Å². The smallest absolute Gasteiger partial charge is 0.0671 e. The van der Waals surface area contributed by atoms with E-state index in [-0.39, 0.29) is 12.1 Å². The lowest BCUT2D eigenvalue weighted by atomic mass is 9.71. The van der Waals surface area contributed by atoms with Gasteiger partial charge in [-0.05, 0) is 50.4 Å². The van der Waals surface area contributed by atoms with Crippen LogP contribution < -0.4 is 5.32 Å². The van der Waals surface area contributed by atoms with Gasteiger partial charge in [0.2, 0.25) is 0 Å². The standard InChI is InChI=1S/C16H31NO2/c1-12-7-14(9-15(2,3)8-12)19-11-16(4,10-18)17-13-5-6-13/h12-14,17-18H,5-11H2,1-4H3. The van der Waals surface area contributed by atoms with Gasteiger partial charge in [-0.25, -0.2) is 0 Å². The van der Waals surface area contributed by atoms with E-state index in [0.717, 1.165) is 18.8 Å². The third-order valence-electron chi connectivity index (χ3n) is 4.46. The molecule has 3 heteroatoms. The molecule has 2 aliphatic rings. The Kier molecular flexibility index (Phi) is 4.59. The van der Waals surface area contributed by atoms with Crippen molar-refractivity contribution in [3.05, 3.63) is 0 Å². The number of nitrogens with one attached hydrogen (secondary N) is 1. The van der Waals surface area contributed by atoms with Gasteiger partial charge in [0.1, 0.15) is 0 Å². The highest BCUT2D eigenvalue weighted by molar-refractivity contribution is 4.93. The van der Waals surface area contributed by atoms with Gasteiger partial charge in [0.25, 0.3) is 0 Å². The third-order valence-corrected chi connectivity index (χ3v) is 4.46. The molecule has 2 aliphatic carbocycles. The summed E-state index contributed by atoms with van der Waals surface area (Å²) < 4.78 is 6.15. The summed E-state index contributed by atoms with van der Waals surface area (Å²) in [5.41, 5.74) is 0.119. The van der Waals surface area contributed by atoms with E-state index in [9.17, 15) is 5.11 Å². The Morgan fingerprint density at radius 2 is 2.00 bits per heavy atom. The van der Waals surface area contributed by atoms with Crippen LogP contribution in [0.4, 0.5) is 0 Å². The number of rotatable bonds is 6. The molecule has 0 saturated heterocycles. The summed E-state index contributed by atoms with van der Waals surface area (Å²) in [7, 11) is 0. The molecule has 3 atom stereocenters. The van der Waals surface area contributed by atoms with E-state index in [2.05, 4.69) is 33.0 Å². The van der Waals surface area contributed by atoms with Crippen molar-refractivity contribution >= 4 is 0 Å². The van der Waals surface area contributed by atoms with E-state index in [1.54, 1.807) is 0 Å². The van der Waals surface area contributed by atoms with Crippen LogP contribution in [0.2, 0.25) is 0 Å². The molecule has 2 rings (SSSR count). The Balaban J connectivity index is 1.82. The molecule has 0 heterocycles. The molecule has 0 spiro atoms. The van der Waals surface area contributed by atoms with Crippen LogP contribution in [0.5, 0.6) is 0 Å². The second-order valence-electron chi connectivity index (χ2n) is 7.98. The minimum absolute atomic E-state index is 0.148. The van der Waals surface area contributed by atoms with Crippen LogP contribution in [0, 0.1) is 11.3 Å². The van der Waals surface area contributed by atoms with Crippen LogP contribution >= 0.6 is 0 Å². The van der Waals surface area contributed by atoms with E-state index in [4.69, 9.17) is 4.74 Å². The average Bonchev–Trinajstić information content (AvgIpc) is 3.08. The quantitative estimate of drug-likeness (QED) is 0.779. The maximum absolute atomic E-state index is 9.60. The number of aliphatic hydroxyl groups is 1. The first-order chi connectivity index (χ1) is 8.82. The van der Waals surface area contributed by atoms with Crippen molar-refractivity contribution in [2.24, 2.45) is 11.3 Å². The Hall–Kier alpha value is -0.120. The molecular weight excluding hydrogens is 238 g/mol. The van der Waals surface area contributed by atoms with Crippen LogP contribution in [0.25, 0.3) is 0 Å². The predicted molar refractivity (Wildman–Crippen MR) is 78.2 cm³/mol. The Labute approximate surface area is 118 Å². The summed E-state index contributed by atoms with van der Waals surface area (Å²) >= 11 is 0. The largest absolute Gasteiger partial charge is 0.394 e. The lowest BCUT2D eigenvalue weighted by Crippen LogP contribution is -2.51. The van der Waals surface area contributed by atoms with Crippen molar-refractivity contribution in [1.29, 1.82) is 0 Å². The number of ether oxygens (including phenoxy) is 1. The maximum Gasteiger partial charge on any atom is 0.0671 e. The molecule has 0 aromatic heterocycles. The fraction of sp³-hybridized carbons (Fsp3) is 1.00. The van der Waals surface area contributed by atoms with Gasteiger partial charge in [-0.3, -0.25) is 0 Å². The molecular formula is C16H31NO2. The van der Waals surface area contributed by atoms with Gasteiger partial charge in [-0.2, -0.15) is 0 Å². The highest BCUT2D eigenvalue weighted by Gasteiger charge is 2.36. The normalized spacial score (nSPS) is 33.9. The van der Waals surface area contributed by atoms with Crippen LogP contribution in [-0.2, 0) is 4.74 Å². The minimum atomic E-state index is -0.272. The molecule has 2 fully saturated rings. The number of hydrogen-bond donors (Lipinski definition) is 2. The molecule has 0 amide bonds. The monoisotopic (exact) mass is 269 g/mol. The Bertz CT molecular complexity index is 301. The SMILES string of the molecule is CC1CC(OCC(C)(CO)NC2CC2)CC(C)(C)C1. The summed E-state index contributed by atoms with van der Waals surface area (Å²) in [5, 5.41) is 13.1. The number of aliphatic hydroxyl groups excluding tert-OH is 1. The van der Waals surface area contributed by atoms with Crippen molar-refractivity contribution in [2.45, 2.75) is 77.5 Å². The van der Waals surface area contributed by atoms with E-state index in [1.165, 1.54) is 19.3 Å². The molecule has 2 N–H and O–H groups in total. The van der Waals surface area contributed by atoms with Gasteiger partial charge in [-0.15, -0.1) is 0 Å². The maximum atomic E-state index is 9.60. The summed E-state index contributed by atoms with van der Waals surface area (Å²) in [5.74, 6) is 0.741. The zero-order valence-electron chi connectivity index (χ0n) is 13.0. The lowest BCUT2D eigenvalue weighted by Gasteiger charge is -2.40. The zero-order valence-corrected chi connectivity index (χ0v) is 13.0. The third kappa shape index (κ3) is 4.73. The van der Waals surface area contributed by atoms with Gasteiger partial charge in [0.15, 0.2) is 0 Å². The lowest BCUT2D eigenvalue weighted by molar-refractivity contribution is -0.0529. The molecule has 0 aromatic carbocycles.